The number of ether oxygens (including phenoxy) is 1. The van der Waals surface area contributed by atoms with E-state index >= 15 is 0 Å². The number of rotatable bonds is 5. The number of pyridine rings is 2. The summed E-state index contributed by atoms with van der Waals surface area (Å²) >= 11 is 0. The summed E-state index contributed by atoms with van der Waals surface area (Å²) in [6.07, 6.45) is 5.58. The molecular weight excluding hydrogens is 328 g/mol. The van der Waals surface area contributed by atoms with Gasteiger partial charge in [-0.1, -0.05) is 12.1 Å². The summed E-state index contributed by atoms with van der Waals surface area (Å²) in [7, 11) is 1.64. The molecule has 0 unspecified atom stereocenters. The molecule has 2 bridgehead atoms. The number of nitrogens with zero attached hydrogens (tertiary/aromatic N) is 4. The average Bonchev–Trinajstić information content (AvgIpc) is 2.68. The van der Waals surface area contributed by atoms with Gasteiger partial charge in [0.2, 0.25) is 11.8 Å². The molecule has 2 aliphatic rings. The fourth-order valence-corrected chi connectivity index (χ4v) is 4.09. The Kier molecular flexibility index (Phi) is 4.84. The van der Waals surface area contributed by atoms with Crippen molar-refractivity contribution >= 4 is 5.91 Å². The third-order valence-corrected chi connectivity index (χ3v) is 5.39. The highest BCUT2D eigenvalue weighted by Crippen LogP contribution is 2.32. The van der Waals surface area contributed by atoms with Gasteiger partial charge in [-0.25, -0.2) is 4.98 Å². The molecule has 0 aliphatic carbocycles. The van der Waals surface area contributed by atoms with E-state index in [0.717, 1.165) is 37.2 Å². The van der Waals surface area contributed by atoms with Crippen LogP contribution in [-0.2, 0) is 17.9 Å². The first-order valence-electron chi connectivity index (χ1n) is 9.15. The Bertz CT molecular complexity index is 767. The fourth-order valence-electron chi connectivity index (χ4n) is 4.09. The SMILES string of the molecule is COc1ncccc1CN1CC[C@H]2C[C@@H]1C(=O)N(Cc1ccccn1)C2. The lowest BCUT2D eigenvalue weighted by Crippen LogP contribution is -2.58. The molecule has 6 heteroatoms. The van der Waals surface area contributed by atoms with Crippen LogP contribution >= 0.6 is 0 Å². The van der Waals surface area contributed by atoms with Gasteiger partial charge < -0.3 is 9.64 Å². The van der Waals surface area contributed by atoms with Gasteiger partial charge in [0.15, 0.2) is 0 Å². The number of likely N-dealkylation sites (tertiary alicyclic amines) is 2. The zero-order valence-corrected chi connectivity index (χ0v) is 15.0. The number of hydrogen-bond acceptors (Lipinski definition) is 5. The first kappa shape index (κ1) is 17.0. The van der Waals surface area contributed by atoms with Crippen molar-refractivity contribution in [3.8, 4) is 5.88 Å². The zero-order chi connectivity index (χ0) is 17.9. The van der Waals surface area contributed by atoms with Crippen molar-refractivity contribution < 1.29 is 9.53 Å². The number of hydrogen-bond donors (Lipinski definition) is 0. The maximum absolute atomic E-state index is 13.1. The highest BCUT2D eigenvalue weighted by molar-refractivity contribution is 5.83. The molecule has 0 radical (unpaired) electrons. The first-order valence-corrected chi connectivity index (χ1v) is 9.15. The van der Waals surface area contributed by atoms with Crippen LogP contribution in [-0.4, -0.2) is 51.9 Å². The molecule has 136 valence electrons. The van der Waals surface area contributed by atoms with E-state index in [1.807, 2.05) is 35.2 Å². The summed E-state index contributed by atoms with van der Waals surface area (Å²) in [5, 5.41) is 0. The number of fused-ring (bicyclic) bond motifs is 2. The van der Waals surface area contributed by atoms with Gasteiger partial charge in [-0.2, -0.15) is 0 Å². The van der Waals surface area contributed by atoms with Crippen molar-refractivity contribution in [1.29, 1.82) is 0 Å². The van der Waals surface area contributed by atoms with Crippen molar-refractivity contribution in [3.63, 3.8) is 0 Å². The van der Waals surface area contributed by atoms with E-state index in [1.165, 1.54) is 0 Å². The van der Waals surface area contributed by atoms with Crippen LogP contribution in [0.25, 0.3) is 0 Å². The van der Waals surface area contributed by atoms with E-state index in [9.17, 15) is 4.79 Å². The minimum Gasteiger partial charge on any atom is -0.481 e. The van der Waals surface area contributed by atoms with E-state index in [1.54, 1.807) is 19.5 Å². The summed E-state index contributed by atoms with van der Waals surface area (Å²) in [5.41, 5.74) is 1.98. The lowest BCUT2D eigenvalue weighted by Gasteiger charge is -2.46. The summed E-state index contributed by atoms with van der Waals surface area (Å²) in [5.74, 6) is 1.44. The summed E-state index contributed by atoms with van der Waals surface area (Å²) in [6.45, 7) is 3.07. The number of amides is 1. The fraction of sp³-hybridized carbons (Fsp3) is 0.450. The third-order valence-electron chi connectivity index (χ3n) is 5.39. The Balaban J connectivity index is 1.50. The second-order valence-electron chi connectivity index (χ2n) is 7.09. The number of carbonyl (C=O) groups is 1. The van der Waals surface area contributed by atoms with E-state index in [-0.39, 0.29) is 11.9 Å². The van der Waals surface area contributed by atoms with E-state index in [4.69, 9.17) is 4.74 Å². The molecule has 2 aromatic rings. The largest absolute Gasteiger partial charge is 0.481 e. The van der Waals surface area contributed by atoms with E-state index in [0.29, 0.717) is 24.9 Å². The molecule has 0 aromatic carbocycles. The van der Waals surface area contributed by atoms with Crippen molar-refractivity contribution in [1.82, 2.24) is 19.8 Å². The highest BCUT2D eigenvalue weighted by atomic mass is 16.5. The number of carbonyl (C=O) groups excluding carboxylic acids is 1. The monoisotopic (exact) mass is 352 g/mol. The molecule has 0 saturated carbocycles. The topological polar surface area (TPSA) is 58.6 Å². The van der Waals surface area contributed by atoms with Crippen LogP contribution < -0.4 is 4.74 Å². The Morgan fingerprint density at radius 1 is 1.15 bits per heavy atom. The molecule has 26 heavy (non-hydrogen) atoms. The molecule has 2 atom stereocenters. The van der Waals surface area contributed by atoms with Crippen molar-refractivity contribution in [3.05, 3.63) is 54.0 Å². The van der Waals surface area contributed by atoms with Gasteiger partial charge in [0, 0.05) is 31.0 Å². The van der Waals surface area contributed by atoms with Crippen molar-refractivity contribution in [2.24, 2.45) is 5.92 Å². The van der Waals surface area contributed by atoms with Crippen LogP contribution in [0.1, 0.15) is 24.1 Å². The molecule has 6 nitrogen and oxygen atoms in total. The van der Waals surface area contributed by atoms with Crippen molar-refractivity contribution in [2.45, 2.75) is 32.0 Å². The zero-order valence-electron chi connectivity index (χ0n) is 15.0. The average molecular weight is 352 g/mol. The Morgan fingerprint density at radius 3 is 2.85 bits per heavy atom. The molecule has 2 aromatic heterocycles. The van der Waals surface area contributed by atoms with Gasteiger partial charge >= 0.3 is 0 Å². The Hall–Kier alpha value is -2.47. The smallest absolute Gasteiger partial charge is 0.240 e. The van der Waals surface area contributed by atoms with Gasteiger partial charge in [-0.15, -0.1) is 0 Å². The maximum Gasteiger partial charge on any atom is 0.240 e. The predicted octanol–water partition coefficient (Wildman–Crippen LogP) is 2.11. The Morgan fingerprint density at radius 2 is 2.04 bits per heavy atom. The predicted molar refractivity (Wildman–Crippen MR) is 97.4 cm³/mol. The molecule has 4 heterocycles. The van der Waals surface area contributed by atoms with Crippen LogP contribution in [0.5, 0.6) is 5.88 Å². The normalized spacial score (nSPS) is 23.1. The van der Waals surface area contributed by atoms with Gasteiger partial charge in [-0.05, 0) is 43.5 Å². The van der Waals surface area contributed by atoms with Gasteiger partial charge in [0.05, 0.1) is 25.4 Å². The molecule has 2 saturated heterocycles. The minimum atomic E-state index is -0.0591. The second kappa shape index (κ2) is 7.41. The molecule has 1 amide bonds. The molecule has 4 rings (SSSR count). The lowest BCUT2D eigenvalue weighted by molar-refractivity contribution is -0.146. The number of methoxy groups -OCH3 is 1. The third kappa shape index (κ3) is 3.42. The summed E-state index contributed by atoms with van der Waals surface area (Å²) in [4.78, 5) is 26.0. The second-order valence-corrected chi connectivity index (χ2v) is 7.09. The van der Waals surface area contributed by atoms with Gasteiger partial charge in [0.25, 0.3) is 0 Å². The molecule has 2 fully saturated rings. The van der Waals surface area contributed by atoms with Crippen LogP contribution in [0.15, 0.2) is 42.7 Å². The molecule has 0 N–H and O–H groups in total. The number of aromatic nitrogens is 2. The van der Waals surface area contributed by atoms with Gasteiger partial charge in [-0.3, -0.25) is 14.7 Å². The lowest BCUT2D eigenvalue weighted by atomic mass is 9.85. The Labute approximate surface area is 153 Å². The molecule has 2 aliphatic heterocycles. The van der Waals surface area contributed by atoms with Crippen LogP contribution in [0.2, 0.25) is 0 Å². The first-order chi connectivity index (χ1) is 12.7. The maximum atomic E-state index is 13.1. The van der Waals surface area contributed by atoms with Crippen LogP contribution in [0, 0.1) is 5.92 Å². The summed E-state index contributed by atoms with van der Waals surface area (Å²) < 4.78 is 5.38. The highest BCUT2D eigenvalue weighted by Gasteiger charge is 2.41. The van der Waals surface area contributed by atoms with Gasteiger partial charge in [0.1, 0.15) is 0 Å². The van der Waals surface area contributed by atoms with E-state index in [2.05, 4.69) is 14.9 Å². The van der Waals surface area contributed by atoms with Crippen molar-refractivity contribution in [2.75, 3.05) is 20.2 Å². The molecule has 0 spiro atoms. The minimum absolute atomic E-state index is 0.0591. The van der Waals surface area contributed by atoms with E-state index < -0.39 is 0 Å². The molecular formula is C20H24N4O2. The number of piperidine rings is 2. The quantitative estimate of drug-likeness (QED) is 0.825. The van der Waals surface area contributed by atoms with Crippen LogP contribution in [0.3, 0.4) is 0 Å². The standard InChI is InChI=1S/C20H24N4O2/c1-26-19-16(5-4-9-22-19)13-23-10-7-15-11-18(23)20(25)24(12-15)14-17-6-2-3-8-21-17/h2-6,8-9,15,18H,7,10-14H2,1H3/t15-,18+/m0/s1. The summed E-state index contributed by atoms with van der Waals surface area (Å²) in [6, 6.07) is 9.74. The van der Waals surface area contributed by atoms with Crippen LogP contribution in [0.4, 0.5) is 0 Å².